The van der Waals surface area contributed by atoms with Gasteiger partial charge in [0.2, 0.25) is 0 Å². The second-order valence-corrected chi connectivity index (χ2v) is 9.45. The molecular formula is C26H10Br2F4. The van der Waals surface area contributed by atoms with Gasteiger partial charge in [-0.15, -0.1) is 0 Å². The fraction of sp³-hybridized carbons (Fsp3) is 0. The van der Waals surface area contributed by atoms with Crippen LogP contribution in [-0.2, 0) is 0 Å². The molecule has 32 heavy (non-hydrogen) atoms. The van der Waals surface area contributed by atoms with E-state index in [4.69, 9.17) is 0 Å². The number of benzene rings is 6. The summed E-state index contributed by atoms with van der Waals surface area (Å²) < 4.78 is 61.5. The van der Waals surface area contributed by atoms with Crippen molar-refractivity contribution in [1.82, 2.24) is 0 Å². The Morgan fingerprint density at radius 1 is 0.500 bits per heavy atom. The normalized spacial score (nSPS) is 12.1. The molecule has 6 rings (SSSR count). The molecule has 0 aliphatic carbocycles. The lowest BCUT2D eigenvalue weighted by molar-refractivity contribution is 0.514. The number of halogens is 6. The molecule has 0 aromatic heterocycles. The van der Waals surface area contributed by atoms with Crippen LogP contribution in [0.3, 0.4) is 0 Å². The van der Waals surface area contributed by atoms with Gasteiger partial charge in [-0.1, -0.05) is 74.3 Å². The highest BCUT2D eigenvalue weighted by atomic mass is 79.9. The topological polar surface area (TPSA) is 0 Å². The molecule has 0 radical (unpaired) electrons. The van der Waals surface area contributed by atoms with Crippen molar-refractivity contribution in [3.8, 4) is 0 Å². The van der Waals surface area contributed by atoms with E-state index in [9.17, 15) is 4.39 Å². The van der Waals surface area contributed by atoms with Crippen LogP contribution >= 0.6 is 31.9 Å². The van der Waals surface area contributed by atoms with E-state index in [1.54, 1.807) is 12.1 Å². The first-order chi connectivity index (χ1) is 15.4. The van der Waals surface area contributed by atoms with E-state index >= 15 is 13.2 Å². The number of fused-ring (bicyclic) bond motifs is 10. The Labute approximate surface area is 195 Å². The van der Waals surface area contributed by atoms with E-state index in [1.165, 1.54) is 6.07 Å². The Bertz CT molecular complexity index is 1790. The van der Waals surface area contributed by atoms with Gasteiger partial charge in [0.05, 0.1) is 0 Å². The predicted molar refractivity (Wildman–Crippen MR) is 129 cm³/mol. The van der Waals surface area contributed by atoms with Crippen molar-refractivity contribution < 1.29 is 17.6 Å². The zero-order valence-corrected chi connectivity index (χ0v) is 19.2. The van der Waals surface area contributed by atoms with Crippen molar-refractivity contribution in [2.45, 2.75) is 0 Å². The monoisotopic (exact) mass is 556 g/mol. The van der Waals surface area contributed by atoms with Gasteiger partial charge in [0, 0.05) is 35.9 Å². The van der Waals surface area contributed by atoms with Gasteiger partial charge in [-0.2, -0.15) is 0 Å². The first kappa shape index (κ1) is 19.9. The molecule has 0 heterocycles. The molecule has 0 N–H and O–H groups in total. The van der Waals surface area contributed by atoms with Crippen molar-refractivity contribution in [2.75, 3.05) is 0 Å². The molecule has 0 aliphatic heterocycles. The van der Waals surface area contributed by atoms with Crippen molar-refractivity contribution in [3.63, 3.8) is 0 Å². The molecule has 0 amide bonds. The standard InChI is InChI=1S/C26H10Br2F4/c27-12-6-8-14-16(9-12)24(30)26(32)23-21(14)19-13-4-2-1-3-11(13)5-7-15(19)20-17(28)10-18(29)25(31)22(20)23/h1-10H. The van der Waals surface area contributed by atoms with Crippen LogP contribution in [0.15, 0.2) is 69.6 Å². The first-order valence-electron chi connectivity index (χ1n) is 9.69. The molecule has 0 bridgehead atoms. The van der Waals surface area contributed by atoms with Crippen LogP contribution in [0.25, 0.3) is 53.9 Å². The van der Waals surface area contributed by atoms with Gasteiger partial charge in [-0.25, -0.2) is 17.6 Å². The molecule has 6 aromatic carbocycles. The maximum absolute atomic E-state index is 15.7. The predicted octanol–water partition coefficient (Wildman–Crippen LogP) is 9.53. The average molecular weight is 558 g/mol. The number of hydrogen-bond donors (Lipinski definition) is 0. The third-order valence-corrected chi connectivity index (χ3v) is 7.14. The second-order valence-electron chi connectivity index (χ2n) is 7.68. The molecule has 156 valence electrons. The molecule has 0 saturated carbocycles. The Hall–Kier alpha value is -2.70. The Kier molecular flexibility index (Phi) is 4.30. The van der Waals surface area contributed by atoms with Gasteiger partial charge < -0.3 is 0 Å². The summed E-state index contributed by atoms with van der Waals surface area (Å²) in [6, 6.07) is 17.2. The van der Waals surface area contributed by atoms with Gasteiger partial charge in [0.1, 0.15) is 0 Å². The summed E-state index contributed by atoms with van der Waals surface area (Å²) in [7, 11) is 0. The van der Waals surface area contributed by atoms with Crippen LogP contribution in [0, 0.1) is 23.3 Å². The van der Waals surface area contributed by atoms with Crippen LogP contribution < -0.4 is 0 Å². The molecule has 6 heteroatoms. The highest BCUT2D eigenvalue weighted by Crippen LogP contribution is 2.47. The molecule has 6 aromatic rings. The van der Waals surface area contributed by atoms with Gasteiger partial charge in [-0.3, -0.25) is 0 Å². The molecule has 0 spiro atoms. The summed E-state index contributed by atoms with van der Waals surface area (Å²) in [5.41, 5.74) is 0. The summed E-state index contributed by atoms with van der Waals surface area (Å²) >= 11 is 6.64. The minimum Gasteiger partial charge on any atom is -0.204 e. The summed E-state index contributed by atoms with van der Waals surface area (Å²) in [5, 5.41) is 3.56. The zero-order chi connectivity index (χ0) is 22.3. The smallest absolute Gasteiger partial charge is 0.168 e. The summed E-state index contributed by atoms with van der Waals surface area (Å²) in [4.78, 5) is 0. The minimum atomic E-state index is -1.21. The van der Waals surface area contributed by atoms with Crippen LogP contribution in [-0.4, -0.2) is 0 Å². The molecule has 0 unspecified atom stereocenters. The third-order valence-electron chi connectivity index (χ3n) is 6.02. The highest BCUT2D eigenvalue weighted by Gasteiger charge is 2.25. The lowest BCUT2D eigenvalue weighted by Gasteiger charge is -2.18. The molecule has 0 saturated heterocycles. The van der Waals surface area contributed by atoms with Crippen molar-refractivity contribution in [1.29, 1.82) is 0 Å². The minimum absolute atomic E-state index is 0.0637. The second kappa shape index (κ2) is 6.90. The summed E-state index contributed by atoms with van der Waals surface area (Å²) in [6.07, 6.45) is 0. The van der Waals surface area contributed by atoms with E-state index in [-0.39, 0.29) is 20.6 Å². The molecule has 0 fully saturated rings. The van der Waals surface area contributed by atoms with E-state index in [1.807, 2.05) is 36.4 Å². The number of hydrogen-bond acceptors (Lipinski definition) is 0. The van der Waals surface area contributed by atoms with Crippen molar-refractivity contribution in [2.24, 2.45) is 0 Å². The third kappa shape index (κ3) is 2.54. The number of rotatable bonds is 0. The maximum atomic E-state index is 15.7. The Morgan fingerprint density at radius 3 is 2.03 bits per heavy atom. The molecule has 0 aliphatic rings. The van der Waals surface area contributed by atoms with E-state index in [2.05, 4.69) is 31.9 Å². The fourth-order valence-corrected chi connectivity index (χ4v) is 5.70. The fourth-order valence-electron chi connectivity index (χ4n) is 4.73. The first-order valence-corrected chi connectivity index (χ1v) is 11.3. The van der Waals surface area contributed by atoms with Crippen LogP contribution in [0.4, 0.5) is 17.6 Å². The van der Waals surface area contributed by atoms with Crippen molar-refractivity contribution >= 4 is 85.7 Å². The highest BCUT2D eigenvalue weighted by molar-refractivity contribution is 9.11. The van der Waals surface area contributed by atoms with Gasteiger partial charge in [0.25, 0.3) is 0 Å². The van der Waals surface area contributed by atoms with Crippen LogP contribution in [0.2, 0.25) is 0 Å². The van der Waals surface area contributed by atoms with E-state index in [0.29, 0.717) is 31.4 Å². The SMILES string of the molecule is Fc1cc(Br)c2c3ccc4ccccc4c3c3c4ccc(Br)cc4c(F)c(F)c3c2c1F. The zero-order valence-electron chi connectivity index (χ0n) is 16.0. The average Bonchev–Trinajstić information content (AvgIpc) is 2.79. The molecule has 0 nitrogen and oxygen atoms in total. The lowest BCUT2D eigenvalue weighted by Crippen LogP contribution is -1.98. The molecule has 0 atom stereocenters. The van der Waals surface area contributed by atoms with Gasteiger partial charge in [0.15, 0.2) is 23.3 Å². The summed E-state index contributed by atoms with van der Waals surface area (Å²) in [5.74, 6) is -4.66. The van der Waals surface area contributed by atoms with E-state index < -0.39 is 23.3 Å². The Balaban J connectivity index is 2.14. The van der Waals surface area contributed by atoms with Crippen molar-refractivity contribution in [3.05, 3.63) is 92.9 Å². The van der Waals surface area contributed by atoms with E-state index in [0.717, 1.165) is 16.8 Å². The van der Waals surface area contributed by atoms with Gasteiger partial charge in [-0.05, 0) is 45.1 Å². The maximum Gasteiger partial charge on any atom is 0.168 e. The largest absolute Gasteiger partial charge is 0.204 e. The molecular weight excluding hydrogens is 548 g/mol. The van der Waals surface area contributed by atoms with Gasteiger partial charge >= 0.3 is 0 Å². The van der Waals surface area contributed by atoms with Crippen LogP contribution in [0.1, 0.15) is 0 Å². The van der Waals surface area contributed by atoms with Crippen LogP contribution in [0.5, 0.6) is 0 Å². The lowest BCUT2D eigenvalue weighted by atomic mass is 9.88. The Morgan fingerprint density at radius 2 is 1.22 bits per heavy atom. The quantitative estimate of drug-likeness (QED) is 0.0990. The summed E-state index contributed by atoms with van der Waals surface area (Å²) in [6.45, 7) is 0.